The summed E-state index contributed by atoms with van der Waals surface area (Å²) in [7, 11) is -1.21. The summed E-state index contributed by atoms with van der Waals surface area (Å²) in [6, 6.07) is 21.6. The van der Waals surface area contributed by atoms with Crippen LogP contribution in [0, 0.1) is 0 Å². The molecular formula is C37H45N3O4S. The molecule has 238 valence electrons. The summed E-state index contributed by atoms with van der Waals surface area (Å²) in [5, 5.41) is 2.92. The number of aromatic nitrogens is 2. The van der Waals surface area contributed by atoms with Crippen LogP contribution in [-0.2, 0) is 32.6 Å². The first kappa shape index (κ1) is 33.9. The number of imidazole rings is 1. The van der Waals surface area contributed by atoms with Gasteiger partial charge in [0.05, 0.1) is 35.2 Å². The molecular weight excluding hydrogens is 582 g/mol. The fourth-order valence-corrected chi connectivity index (χ4v) is 6.02. The topological polar surface area (TPSA) is 82.4 Å². The van der Waals surface area contributed by atoms with E-state index in [9.17, 15) is 9.00 Å². The van der Waals surface area contributed by atoms with Crippen molar-refractivity contribution >= 4 is 28.5 Å². The van der Waals surface area contributed by atoms with Crippen LogP contribution in [0.2, 0.25) is 0 Å². The van der Waals surface area contributed by atoms with Crippen molar-refractivity contribution in [3.8, 4) is 16.9 Å². The predicted octanol–water partition coefficient (Wildman–Crippen LogP) is 8.24. The lowest BCUT2D eigenvalue weighted by molar-refractivity contribution is -0.111. The molecule has 0 radical (unpaired) electrons. The summed E-state index contributed by atoms with van der Waals surface area (Å²) in [6.07, 6.45) is 10.2. The van der Waals surface area contributed by atoms with E-state index in [4.69, 9.17) is 9.47 Å². The number of nitrogens with one attached hydrogen (secondary N) is 1. The Labute approximate surface area is 270 Å². The van der Waals surface area contributed by atoms with Gasteiger partial charge in [-0.05, 0) is 89.6 Å². The van der Waals surface area contributed by atoms with E-state index in [1.807, 2.05) is 34.9 Å². The molecule has 1 heterocycles. The molecule has 8 heteroatoms. The number of aryl methyl sites for hydroxylation is 1. The van der Waals surface area contributed by atoms with Crippen LogP contribution in [0.1, 0.15) is 69.7 Å². The van der Waals surface area contributed by atoms with Crippen LogP contribution < -0.4 is 10.1 Å². The highest BCUT2D eigenvalue weighted by Gasteiger charge is 2.11. The van der Waals surface area contributed by atoms with Crippen LogP contribution in [0.5, 0.6) is 5.75 Å². The van der Waals surface area contributed by atoms with Crippen LogP contribution in [0.3, 0.4) is 0 Å². The van der Waals surface area contributed by atoms with E-state index in [-0.39, 0.29) is 5.91 Å². The zero-order chi connectivity index (χ0) is 32.0. The normalized spacial score (nSPS) is 12.1. The number of anilines is 1. The quantitative estimate of drug-likeness (QED) is 0.0942. The third-order valence-electron chi connectivity index (χ3n) is 7.38. The second kappa shape index (κ2) is 17.5. The molecule has 1 atom stereocenters. The molecule has 45 heavy (non-hydrogen) atoms. The number of ether oxygens (including phenoxy) is 2. The average Bonchev–Trinajstić information content (AvgIpc) is 3.48. The standard InChI is InChI=1S/C37H45N3O4S/c1-5-7-21-43-22-23-44-34-14-8-29(9-15-34)30-10-18-36(28(3)4)31(24-30)11-19-37(41)39-32-12-16-35(17-13-32)45(42)26-33-25-38-27-40(33)20-6-2/h8-19,24-25,27-28H,5-7,20-23,26H2,1-4H3,(H,39,41)/b19-11+. The molecule has 7 nitrogen and oxygen atoms in total. The van der Waals surface area contributed by atoms with E-state index in [1.54, 1.807) is 42.9 Å². The summed E-state index contributed by atoms with van der Waals surface area (Å²) in [6.45, 7) is 11.3. The number of carbonyl (C=O) groups is 1. The highest BCUT2D eigenvalue weighted by molar-refractivity contribution is 7.84. The predicted molar refractivity (Wildman–Crippen MR) is 184 cm³/mol. The number of rotatable bonds is 17. The Morgan fingerprint density at radius 3 is 2.42 bits per heavy atom. The second-order valence-electron chi connectivity index (χ2n) is 11.3. The van der Waals surface area contributed by atoms with Crippen LogP contribution in [0.25, 0.3) is 17.2 Å². The van der Waals surface area contributed by atoms with Crippen molar-refractivity contribution < 1.29 is 18.5 Å². The highest BCUT2D eigenvalue weighted by Crippen LogP contribution is 2.29. The first-order valence-corrected chi connectivity index (χ1v) is 17.1. The number of benzene rings is 3. The maximum atomic E-state index is 12.9. The van der Waals surface area contributed by atoms with E-state index in [2.05, 4.69) is 56.2 Å². The summed E-state index contributed by atoms with van der Waals surface area (Å²) in [5.74, 6) is 1.28. The largest absolute Gasteiger partial charge is 0.491 e. The van der Waals surface area contributed by atoms with Crippen LogP contribution in [0.15, 0.2) is 90.2 Å². The Morgan fingerprint density at radius 2 is 1.71 bits per heavy atom. The summed E-state index contributed by atoms with van der Waals surface area (Å²) in [4.78, 5) is 17.8. The number of hydrogen-bond donors (Lipinski definition) is 1. The Balaban J connectivity index is 1.36. The van der Waals surface area contributed by atoms with Crippen molar-refractivity contribution in [3.05, 3.63) is 102 Å². The van der Waals surface area contributed by atoms with Crippen molar-refractivity contribution in [2.75, 3.05) is 25.1 Å². The number of carbonyl (C=O) groups excluding carboxylic acids is 1. The van der Waals surface area contributed by atoms with Crippen LogP contribution in [-0.4, -0.2) is 39.5 Å². The average molecular weight is 628 g/mol. The van der Waals surface area contributed by atoms with E-state index < -0.39 is 10.8 Å². The van der Waals surface area contributed by atoms with Gasteiger partial charge in [-0.2, -0.15) is 0 Å². The summed E-state index contributed by atoms with van der Waals surface area (Å²) < 4.78 is 26.4. The zero-order valence-electron chi connectivity index (χ0n) is 26.8. The first-order chi connectivity index (χ1) is 21.9. The Hall–Kier alpha value is -4.01. The van der Waals surface area contributed by atoms with Gasteiger partial charge in [-0.1, -0.05) is 58.4 Å². The minimum Gasteiger partial charge on any atom is -0.491 e. The number of nitrogens with zero attached hydrogens (tertiary/aromatic N) is 2. The van der Waals surface area contributed by atoms with Crippen molar-refractivity contribution in [3.63, 3.8) is 0 Å². The summed E-state index contributed by atoms with van der Waals surface area (Å²) in [5.41, 5.74) is 5.90. The molecule has 0 spiro atoms. The van der Waals surface area contributed by atoms with Gasteiger partial charge in [0.25, 0.3) is 0 Å². The van der Waals surface area contributed by atoms with Gasteiger partial charge in [-0.15, -0.1) is 0 Å². The fraction of sp³-hybridized carbons (Fsp3) is 0.351. The number of hydrogen-bond acceptors (Lipinski definition) is 5. The lowest BCUT2D eigenvalue weighted by Crippen LogP contribution is -2.08. The van der Waals surface area contributed by atoms with Gasteiger partial charge < -0.3 is 19.4 Å². The van der Waals surface area contributed by atoms with Crippen molar-refractivity contribution in [2.24, 2.45) is 0 Å². The summed E-state index contributed by atoms with van der Waals surface area (Å²) >= 11 is 0. The minimum absolute atomic E-state index is 0.229. The van der Waals surface area contributed by atoms with Gasteiger partial charge in [0.1, 0.15) is 12.4 Å². The third-order valence-corrected chi connectivity index (χ3v) is 8.73. The Kier molecular flexibility index (Phi) is 13.2. The Morgan fingerprint density at radius 1 is 0.956 bits per heavy atom. The molecule has 1 aromatic heterocycles. The molecule has 4 aromatic rings. The molecule has 0 saturated carbocycles. The van der Waals surface area contributed by atoms with Gasteiger partial charge in [0.15, 0.2) is 0 Å². The lowest BCUT2D eigenvalue weighted by atomic mass is 9.93. The molecule has 0 fully saturated rings. The molecule has 1 amide bonds. The van der Waals surface area contributed by atoms with E-state index in [1.165, 1.54) is 0 Å². The molecule has 0 aliphatic heterocycles. The first-order valence-electron chi connectivity index (χ1n) is 15.8. The maximum Gasteiger partial charge on any atom is 0.248 e. The van der Waals surface area contributed by atoms with Crippen molar-refractivity contribution in [1.29, 1.82) is 0 Å². The van der Waals surface area contributed by atoms with Gasteiger partial charge in [-0.25, -0.2) is 4.98 Å². The molecule has 1 N–H and O–H groups in total. The minimum atomic E-state index is -1.21. The molecule has 0 aliphatic carbocycles. The molecule has 0 bridgehead atoms. The SMILES string of the molecule is CCCCOCCOc1ccc(-c2ccc(C(C)C)c(/C=C/C(=O)Nc3ccc(S(=O)Cc4cncn4CCC)cc3)c2)cc1. The van der Waals surface area contributed by atoms with Gasteiger partial charge >= 0.3 is 0 Å². The van der Waals surface area contributed by atoms with Crippen molar-refractivity contribution in [2.45, 2.75) is 70.1 Å². The maximum absolute atomic E-state index is 12.9. The lowest BCUT2D eigenvalue weighted by Gasteiger charge is -2.13. The number of amides is 1. The van der Waals surface area contributed by atoms with Gasteiger partial charge in [-0.3, -0.25) is 9.00 Å². The Bertz CT molecular complexity index is 1560. The molecule has 3 aromatic carbocycles. The number of unbranched alkanes of at least 4 members (excludes halogenated alkanes) is 1. The zero-order valence-corrected chi connectivity index (χ0v) is 27.6. The van der Waals surface area contributed by atoms with Crippen LogP contribution >= 0.6 is 0 Å². The van der Waals surface area contributed by atoms with E-state index in [0.717, 1.165) is 66.1 Å². The highest BCUT2D eigenvalue weighted by atomic mass is 32.2. The smallest absolute Gasteiger partial charge is 0.248 e. The molecule has 0 aliphatic rings. The molecule has 4 rings (SSSR count). The second-order valence-corrected chi connectivity index (χ2v) is 12.7. The van der Waals surface area contributed by atoms with Crippen molar-refractivity contribution in [1.82, 2.24) is 9.55 Å². The fourth-order valence-electron chi connectivity index (χ4n) is 4.90. The van der Waals surface area contributed by atoms with Gasteiger partial charge in [0, 0.05) is 36.0 Å². The van der Waals surface area contributed by atoms with E-state index in [0.29, 0.717) is 35.5 Å². The van der Waals surface area contributed by atoms with E-state index >= 15 is 0 Å². The van der Waals surface area contributed by atoms with Gasteiger partial charge in [0.2, 0.25) is 5.91 Å². The third kappa shape index (κ3) is 10.3. The molecule has 0 saturated heterocycles. The molecule has 1 unspecified atom stereocenters. The monoisotopic (exact) mass is 627 g/mol. The van der Waals surface area contributed by atoms with Crippen LogP contribution in [0.4, 0.5) is 5.69 Å².